The van der Waals surface area contributed by atoms with E-state index in [1.165, 1.54) is 6.92 Å². The van der Waals surface area contributed by atoms with Crippen molar-refractivity contribution in [1.29, 1.82) is 0 Å². The number of alkyl halides is 1. The third-order valence-electron chi connectivity index (χ3n) is 2.36. The lowest BCUT2D eigenvalue weighted by atomic mass is 9.98. The smallest absolute Gasteiger partial charge is 0.307 e. The SMILES string of the molecule is CC(=O)C(Br)c1cc(CO)ccc1CC(=O)O. The van der Waals surface area contributed by atoms with Crippen LogP contribution >= 0.6 is 15.9 Å². The highest BCUT2D eigenvalue weighted by Gasteiger charge is 2.18. The first kappa shape index (κ1) is 13.9. The summed E-state index contributed by atoms with van der Waals surface area (Å²) in [6.07, 6.45) is -0.142. The molecule has 0 aliphatic carbocycles. The third kappa shape index (κ3) is 3.64. The first-order valence-electron chi connectivity index (χ1n) is 5.04. The van der Waals surface area contributed by atoms with Gasteiger partial charge in [0.2, 0.25) is 0 Å². The Kier molecular flexibility index (Phi) is 4.84. The van der Waals surface area contributed by atoms with Gasteiger partial charge in [-0.2, -0.15) is 0 Å². The van der Waals surface area contributed by atoms with Gasteiger partial charge in [0.05, 0.1) is 17.9 Å². The zero-order chi connectivity index (χ0) is 13.0. The van der Waals surface area contributed by atoms with E-state index in [9.17, 15) is 9.59 Å². The van der Waals surface area contributed by atoms with E-state index in [-0.39, 0.29) is 18.8 Å². The first-order valence-corrected chi connectivity index (χ1v) is 5.96. The fourth-order valence-corrected chi connectivity index (χ4v) is 1.95. The van der Waals surface area contributed by atoms with E-state index in [4.69, 9.17) is 10.2 Å². The predicted octanol–water partition coefficient (Wildman–Crippen LogP) is 1.83. The number of halogens is 1. The van der Waals surface area contributed by atoms with Gasteiger partial charge in [-0.1, -0.05) is 34.1 Å². The molecule has 1 atom stereocenters. The number of aliphatic hydroxyl groups excluding tert-OH is 1. The van der Waals surface area contributed by atoms with Gasteiger partial charge in [-0.3, -0.25) is 9.59 Å². The van der Waals surface area contributed by atoms with Crippen molar-refractivity contribution < 1.29 is 19.8 Å². The van der Waals surface area contributed by atoms with Crippen molar-refractivity contribution in [2.24, 2.45) is 0 Å². The van der Waals surface area contributed by atoms with Gasteiger partial charge in [-0.25, -0.2) is 0 Å². The number of aliphatic hydroxyl groups is 1. The number of hydrogen-bond acceptors (Lipinski definition) is 3. The summed E-state index contributed by atoms with van der Waals surface area (Å²) in [5.74, 6) is -1.06. The molecule has 2 N–H and O–H groups in total. The van der Waals surface area contributed by atoms with Crippen molar-refractivity contribution in [2.45, 2.75) is 24.8 Å². The molecule has 0 radical (unpaired) electrons. The normalized spacial score (nSPS) is 12.2. The molecule has 0 bridgehead atoms. The Hall–Kier alpha value is -1.20. The summed E-state index contributed by atoms with van der Waals surface area (Å²) in [5.41, 5.74) is 1.83. The number of Topliss-reactive ketones (excluding diaryl/α,β-unsaturated/α-hetero) is 1. The fourth-order valence-electron chi connectivity index (χ4n) is 1.52. The van der Waals surface area contributed by atoms with Crippen LogP contribution in [0.25, 0.3) is 0 Å². The lowest BCUT2D eigenvalue weighted by Gasteiger charge is -2.13. The molecule has 0 amide bonds. The number of hydrogen-bond donors (Lipinski definition) is 2. The van der Waals surface area contributed by atoms with Crippen LogP contribution in [0.2, 0.25) is 0 Å². The Morgan fingerprint density at radius 3 is 2.53 bits per heavy atom. The Bertz CT molecular complexity index is 442. The quantitative estimate of drug-likeness (QED) is 0.814. The monoisotopic (exact) mass is 300 g/mol. The maximum absolute atomic E-state index is 11.3. The van der Waals surface area contributed by atoms with Gasteiger partial charge in [0.1, 0.15) is 5.78 Å². The zero-order valence-corrected chi connectivity index (χ0v) is 10.9. The maximum atomic E-state index is 11.3. The van der Waals surface area contributed by atoms with Crippen molar-refractivity contribution in [1.82, 2.24) is 0 Å². The van der Waals surface area contributed by atoms with Crippen LogP contribution in [0, 0.1) is 0 Å². The molecule has 1 aromatic rings. The lowest BCUT2D eigenvalue weighted by Crippen LogP contribution is -2.09. The van der Waals surface area contributed by atoms with E-state index in [2.05, 4.69) is 15.9 Å². The highest BCUT2D eigenvalue weighted by molar-refractivity contribution is 9.09. The van der Waals surface area contributed by atoms with Crippen molar-refractivity contribution in [3.8, 4) is 0 Å². The van der Waals surface area contributed by atoms with Gasteiger partial charge >= 0.3 is 5.97 Å². The fraction of sp³-hybridized carbons (Fsp3) is 0.333. The molecule has 0 aromatic heterocycles. The second-order valence-electron chi connectivity index (χ2n) is 3.74. The molecule has 0 spiro atoms. The molecule has 4 nitrogen and oxygen atoms in total. The number of rotatable bonds is 5. The van der Waals surface area contributed by atoms with E-state index >= 15 is 0 Å². The molecule has 5 heteroatoms. The second kappa shape index (κ2) is 5.93. The van der Waals surface area contributed by atoms with Crippen LogP contribution < -0.4 is 0 Å². The molecule has 0 aliphatic rings. The van der Waals surface area contributed by atoms with Crippen LogP contribution in [0.4, 0.5) is 0 Å². The van der Waals surface area contributed by atoms with Crippen LogP contribution in [-0.4, -0.2) is 22.0 Å². The van der Waals surface area contributed by atoms with E-state index < -0.39 is 10.8 Å². The Balaban J connectivity index is 3.20. The van der Waals surface area contributed by atoms with Crippen LogP contribution in [0.3, 0.4) is 0 Å². The molecule has 1 unspecified atom stereocenters. The van der Waals surface area contributed by atoms with Crippen molar-refractivity contribution in [2.75, 3.05) is 0 Å². The van der Waals surface area contributed by atoms with Crippen molar-refractivity contribution in [3.63, 3.8) is 0 Å². The second-order valence-corrected chi connectivity index (χ2v) is 4.65. The van der Waals surface area contributed by atoms with Crippen LogP contribution in [0.1, 0.15) is 28.4 Å². The summed E-state index contributed by atoms with van der Waals surface area (Å²) in [5, 5.41) is 17.8. The van der Waals surface area contributed by atoms with Gasteiger partial charge in [0.15, 0.2) is 0 Å². The third-order valence-corrected chi connectivity index (χ3v) is 3.50. The molecular formula is C12H13BrO4. The molecule has 0 saturated carbocycles. The minimum atomic E-state index is -0.953. The zero-order valence-electron chi connectivity index (χ0n) is 9.31. The summed E-state index contributed by atoms with van der Waals surface area (Å²) in [4.78, 5) is 21.5. The van der Waals surface area contributed by atoms with Gasteiger partial charge < -0.3 is 10.2 Å². The summed E-state index contributed by atoms with van der Waals surface area (Å²) in [7, 11) is 0. The number of carboxylic acid groups (broad SMARTS) is 1. The minimum absolute atomic E-state index is 0.105. The van der Waals surface area contributed by atoms with Gasteiger partial charge in [-0.15, -0.1) is 0 Å². The highest BCUT2D eigenvalue weighted by atomic mass is 79.9. The highest BCUT2D eigenvalue weighted by Crippen LogP contribution is 2.28. The number of aliphatic carboxylic acids is 1. The summed E-state index contributed by atoms with van der Waals surface area (Å²) in [6, 6.07) is 4.94. The molecule has 17 heavy (non-hydrogen) atoms. The number of carboxylic acids is 1. The summed E-state index contributed by atoms with van der Waals surface area (Å²) < 4.78 is 0. The molecule has 1 rings (SSSR count). The van der Waals surface area contributed by atoms with Gasteiger partial charge in [-0.05, 0) is 23.6 Å². The molecule has 0 saturated heterocycles. The van der Waals surface area contributed by atoms with Crippen LogP contribution in [0.15, 0.2) is 18.2 Å². The number of benzene rings is 1. The van der Waals surface area contributed by atoms with Gasteiger partial charge in [0.25, 0.3) is 0 Å². The average molecular weight is 301 g/mol. The van der Waals surface area contributed by atoms with Crippen LogP contribution in [0.5, 0.6) is 0 Å². The average Bonchev–Trinajstić information content (AvgIpc) is 2.27. The molecule has 1 aromatic carbocycles. The van der Waals surface area contributed by atoms with E-state index in [1.807, 2.05) is 0 Å². The van der Waals surface area contributed by atoms with E-state index in [0.717, 1.165) is 0 Å². The van der Waals surface area contributed by atoms with Crippen molar-refractivity contribution in [3.05, 3.63) is 34.9 Å². The number of carbonyl (C=O) groups excluding carboxylic acids is 1. The Labute approximate surface area is 107 Å². The summed E-state index contributed by atoms with van der Waals surface area (Å²) >= 11 is 3.23. The van der Waals surface area contributed by atoms with E-state index in [0.29, 0.717) is 16.7 Å². The Morgan fingerprint density at radius 1 is 1.41 bits per heavy atom. The number of carbonyl (C=O) groups is 2. The Morgan fingerprint density at radius 2 is 2.06 bits per heavy atom. The molecule has 0 aliphatic heterocycles. The largest absolute Gasteiger partial charge is 0.481 e. The number of ketones is 1. The molecular weight excluding hydrogens is 288 g/mol. The molecule has 0 fully saturated rings. The first-order chi connectivity index (χ1) is 7.95. The van der Waals surface area contributed by atoms with E-state index in [1.54, 1.807) is 18.2 Å². The standard InChI is InChI=1S/C12H13BrO4/c1-7(15)12(13)10-4-8(6-14)2-3-9(10)5-11(16)17/h2-4,12,14H,5-6H2,1H3,(H,16,17). The van der Waals surface area contributed by atoms with Gasteiger partial charge in [0, 0.05) is 0 Å². The lowest BCUT2D eigenvalue weighted by molar-refractivity contribution is -0.136. The van der Waals surface area contributed by atoms with Crippen molar-refractivity contribution >= 4 is 27.7 Å². The molecule has 0 heterocycles. The minimum Gasteiger partial charge on any atom is -0.481 e. The summed E-state index contributed by atoms with van der Waals surface area (Å²) in [6.45, 7) is 1.29. The predicted molar refractivity (Wildman–Crippen MR) is 66.1 cm³/mol. The topological polar surface area (TPSA) is 74.6 Å². The van der Waals surface area contributed by atoms with Crippen LogP contribution in [-0.2, 0) is 22.6 Å². The maximum Gasteiger partial charge on any atom is 0.307 e. The molecule has 92 valence electrons.